The van der Waals surface area contributed by atoms with Crippen LogP contribution in [-0.4, -0.2) is 5.91 Å². The Hall–Kier alpha value is -2.16. The van der Waals surface area contributed by atoms with Crippen LogP contribution < -0.4 is 5.32 Å². The summed E-state index contributed by atoms with van der Waals surface area (Å²) in [6.45, 7) is 3.99. The van der Waals surface area contributed by atoms with Crippen molar-refractivity contribution in [2.45, 2.75) is 19.3 Å². The summed E-state index contributed by atoms with van der Waals surface area (Å²) in [6.07, 6.45) is 0. The SMILES string of the molecule is CC(C)C1(c2cccc(F)c2)C(=O)Nc2ccccc21. The van der Waals surface area contributed by atoms with Crippen molar-refractivity contribution >= 4 is 11.6 Å². The molecule has 0 aliphatic carbocycles. The summed E-state index contributed by atoms with van der Waals surface area (Å²) in [7, 11) is 0. The van der Waals surface area contributed by atoms with Gasteiger partial charge in [-0.3, -0.25) is 4.79 Å². The fourth-order valence-corrected chi connectivity index (χ4v) is 3.21. The molecule has 1 unspecified atom stereocenters. The number of hydrogen-bond donors (Lipinski definition) is 1. The highest BCUT2D eigenvalue weighted by atomic mass is 19.1. The van der Waals surface area contributed by atoms with E-state index >= 15 is 0 Å². The first-order valence-electron chi connectivity index (χ1n) is 6.74. The van der Waals surface area contributed by atoms with Gasteiger partial charge in [0.15, 0.2) is 0 Å². The summed E-state index contributed by atoms with van der Waals surface area (Å²) in [5, 5.41) is 2.93. The van der Waals surface area contributed by atoms with E-state index in [0.717, 1.165) is 11.3 Å². The van der Waals surface area contributed by atoms with Gasteiger partial charge < -0.3 is 5.32 Å². The first-order valence-corrected chi connectivity index (χ1v) is 6.74. The third-order valence-electron chi connectivity index (χ3n) is 4.10. The summed E-state index contributed by atoms with van der Waals surface area (Å²) in [5.41, 5.74) is 1.62. The smallest absolute Gasteiger partial charge is 0.239 e. The van der Waals surface area contributed by atoms with Gasteiger partial charge in [0, 0.05) is 5.69 Å². The molecule has 2 nitrogen and oxygen atoms in total. The van der Waals surface area contributed by atoms with E-state index in [0.29, 0.717) is 5.56 Å². The van der Waals surface area contributed by atoms with Gasteiger partial charge in [0.2, 0.25) is 5.91 Å². The molecule has 1 heterocycles. The monoisotopic (exact) mass is 269 g/mol. The van der Waals surface area contributed by atoms with Gasteiger partial charge in [-0.05, 0) is 35.2 Å². The molecule has 1 atom stereocenters. The molecule has 0 radical (unpaired) electrons. The van der Waals surface area contributed by atoms with Gasteiger partial charge in [0.05, 0.1) is 0 Å². The Morgan fingerprint density at radius 3 is 2.55 bits per heavy atom. The van der Waals surface area contributed by atoms with Crippen molar-refractivity contribution in [1.82, 2.24) is 0 Å². The molecule has 2 aromatic rings. The standard InChI is InChI=1S/C17H16FNO/c1-11(2)17(12-6-5-7-13(18)10-12)14-8-3-4-9-15(14)19-16(17)20/h3-11H,1-2H3,(H,19,20). The van der Waals surface area contributed by atoms with Crippen LogP contribution in [0.25, 0.3) is 0 Å². The summed E-state index contributed by atoms with van der Waals surface area (Å²) >= 11 is 0. The number of amides is 1. The van der Waals surface area contributed by atoms with Gasteiger partial charge in [-0.1, -0.05) is 44.2 Å². The molecule has 2 aromatic carbocycles. The van der Waals surface area contributed by atoms with Crippen molar-refractivity contribution in [2.75, 3.05) is 5.32 Å². The largest absolute Gasteiger partial charge is 0.325 e. The van der Waals surface area contributed by atoms with Crippen LogP contribution >= 0.6 is 0 Å². The summed E-state index contributed by atoms with van der Waals surface area (Å²) < 4.78 is 13.6. The van der Waals surface area contributed by atoms with Gasteiger partial charge in [-0.25, -0.2) is 4.39 Å². The van der Waals surface area contributed by atoms with Gasteiger partial charge in [-0.15, -0.1) is 0 Å². The fraction of sp³-hybridized carbons (Fsp3) is 0.235. The molecule has 1 aliphatic heterocycles. The molecule has 0 bridgehead atoms. The zero-order chi connectivity index (χ0) is 14.3. The maximum atomic E-state index is 13.6. The molecular formula is C17H16FNO. The molecule has 1 amide bonds. The Labute approximate surface area is 117 Å². The summed E-state index contributed by atoms with van der Waals surface area (Å²) in [4.78, 5) is 12.7. The van der Waals surface area contributed by atoms with Crippen LogP contribution in [0.15, 0.2) is 48.5 Å². The van der Waals surface area contributed by atoms with Crippen molar-refractivity contribution in [3.63, 3.8) is 0 Å². The fourth-order valence-electron chi connectivity index (χ4n) is 3.21. The van der Waals surface area contributed by atoms with Crippen molar-refractivity contribution in [3.05, 3.63) is 65.5 Å². The minimum atomic E-state index is -0.821. The van der Waals surface area contributed by atoms with Crippen LogP contribution in [0.4, 0.5) is 10.1 Å². The Kier molecular flexibility index (Phi) is 2.85. The van der Waals surface area contributed by atoms with Crippen LogP contribution in [0, 0.1) is 11.7 Å². The Morgan fingerprint density at radius 2 is 1.85 bits per heavy atom. The van der Waals surface area contributed by atoms with Crippen LogP contribution in [0.3, 0.4) is 0 Å². The zero-order valence-corrected chi connectivity index (χ0v) is 11.5. The van der Waals surface area contributed by atoms with E-state index in [2.05, 4.69) is 5.32 Å². The van der Waals surface area contributed by atoms with E-state index in [4.69, 9.17) is 0 Å². The number of carbonyl (C=O) groups is 1. The number of benzene rings is 2. The van der Waals surface area contributed by atoms with Crippen LogP contribution in [0.1, 0.15) is 25.0 Å². The third kappa shape index (κ3) is 1.59. The minimum Gasteiger partial charge on any atom is -0.325 e. The van der Waals surface area contributed by atoms with E-state index in [1.165, 1.54) is 12.1 Å². The van der Waals surface area contributed by atoms with Crippen LogP contribution in [-0.2, 0) is 10.2 Å². The average Bonchev–Trinajstić information content (AvgIpc) is 2.71. The van der Waals surface area contributed by atoms with Gasteiger partial charge in [0.1, 0.15) is 11.2 Å². The predicted molar refractivity (Wildman–Crippen MR) is 77.1 cm³/mol. The molecular weight excluding hydrogens is 253 g/mol. The zero-order valence-electron chi connectivity index (χ0n) is 11.5. The molecule has 0 spiro atoms. The predicted octanol–water partition coefficient (Wildman–Crippen LogP) is 3.72. The van der Waals surface area contributed by atoms with Crippen molar-refractivity contribution in [1.29, 1.82) is 0 Å². The number of hydrogen-bond acceptors (Lipinski definition) is 1. The first kappa shape index (κ1) is 12.9. The lowest BCUT2D eigenvalue weighted by Gasteiger charge is -2.32. The lowest BCUT2D eigenvalue weighted by atomic mass is 9.68. The summed E-state index contributed by atoms with van der Waals surface area (Å²) in [6, 6.07) is 14.0. The van der Waals surface area contributed by atoms with Crippen molar-refractivity contribution in [3.8, 4) is 0 Å². The van der Waals surface area contributed by atoms with E-state index in [9.17, 15) is 9.18 Å². The highest BCUT2D eigenvalue weighted by Crippen LogP contribution is 2.47. The Balaban J connectivity index is 2.32. The van der Waals surface area contributed by atoms with Crippen LogP contribution in [0.5, 0.6) is 0 Å². The van der Waals surface area contributed by atoms with Gasteiger partial charge >= 0.3 is 0 Å². The molecule has 3 rings (SSSR count). The molecule has 0 saturated carbocycles. The van der Waals surface area contributed by atoms with E-state index < -0.39 is 5.41 Å². The lowest BCUT2D eigenvalue weighted by molar-refractivity contribution is -0.120. The van der Waals surface area contributed by atoms with E-state index in [1.54, 1.807) is 6.07 Å². The number of fused-ring (bicyclic) bond motifs is 1. The second-order valence-corrected chi connectivity index (χ2v) is 5.47. The number of carbonyl (C=O) groups excluding carboxylic acids is 1. The van der Waals surface area contributed by atoms with Crippen LogP contribution in [0.2, 0.25) is 0 Å². The van der Waals surface area contributed by atoms with Crippen molar-refractivity contribution < 1.29 is 9.18 Å². The summed E-state index contributed by atoms with van der Waals surface area (Å²) in [5.74, 6) is -0.382. The quantitative estimate of drug-likeness (QED) is 0.884. The topological polar surface area (TPSA) is 29.1 Å². The number of rotatable bonds is 2. The van der Waals surface area contributed by atoms with Crippen molar-refractivity contribution in [2.24, 2.45) is 5.92 Å². The third-order valence-corrected chi connectivity index (χ3v) is 4.10. The first-order chi connectivity index (χ1) is 9.56. The highest BCUT2D eigenvalue weighted by Gasteiger charge is 2.50. The second kappa shape index (κ2) is 4.44. The highest BCUT2D eigenvalue weighted by molar-refractivity contribution is 6.08. The number of nitrogens with one attached hydrogen (secondary N) is 1. The molecule has 1 aliphatic rings. The van der Waals surface area contributed by atoms with Gasteiger partial charge in [-0.2, -0.15) is 0 Å². The molecule has 3 heteroatoms. The second-order valence-electron chi connectivity index (χ2n) is 5.47. The Morgan fingerprint density at radius 1 is 1.10 bits per heavy atom. The molecule has 0 fully saturated rings. The number of anilines is 1. The molecule has 0 aromatic heterocycles. The number of halogens is 1. The molecule has 1 N–H and O–H groups in total. The maximum absolute atomic E-state index is 13.6. The van der Waals surface area contributed by atoms with E-state index in [1.807, 2.05) is 44.2 Å². The Bertz CT molecular complexity index is 680. The maximum Gasteiger partial charge on any atom is 0.239 e. The van der Waals surface area contributed by atoms with E-state index in [-0.39, 0.29) is 17.6 Å². The lowest BCUT2D eigenvalue weighted by Crippen LogP contribution is -2.40. The molecule has 20 heavy (non-hydrogen) atoms. The normalized spacial score (nSPS) is 20.9. The molecule has 0 saturated heterocycles. The average molecular weight is 269 g/mol. The minimum absolute atomic E-state index is 0.0212. The molecule has 102 valence electrons. The van der Waals surface area contributed by atoms with Gasteiger partial charge in [0.25, 0.3) is 0 Å². The number of para-hydroxylation sites is 1.